The Morgan fingerprint density at radius 3 is 2.50 bits per heavy atom. The molecule has 1 aromatic heterocycles. The Morgan fingerprint density at radius 2 is 1.88 bits per heavy atom. The van der Waals surface area contributed by atoms with Crippen LogP contribution in [0.15, 0.2) is 18.0 Å². The third-order valence-electron chi connectivity index (χ3n) is 16.0. The van der Waals surface area contributed by atoms with Gasteiger partial charge in [-0.05, 0) is 91.3 Å². The number of nitrogens with zero attached hydrogens (tertiary/aromatic N) is 4. The van der Waals surface area contributed by atoms with Crippen LogP contribution in [0, 0.1) is 73.9 Å². The molecule has 1 aliphatic heterocycles. The van der Waals surface area contributed by atoms with E-state index < -0.39 is 17.4 Å². The molecule has 266 valence electrons. The minimum Gasteiger partial charge on any atom is -0.481 e. The van der Waals surface area contributed by atoms with Crippen molar-refractivity contribution in [1.29, 1.82) is 5.26 Å². The number of fused-ring (bicyclic) bond motifs is 3. The zero-order chi connectivity index (χ0) is 35.2. The molecule has 2 heterocycles. The van der Waals surface area contributed by atoms with Crippen LogP contribution in [0.3, 0.4) is 0 Å². The van der Waals surface area contributed by atoms with Crippen molar-refractivity contribution in [2.75, 3.05) is 19.8 Å². The highest BCUT2D eigenvalue weighted by atomic mass is 16.5. The van der Waals surface area contributed by atoms with E-state index in [-0.39, 0.29) is 51.1 Å². The zero-order valence-corrected chi connectivity index (χ0v) is 31.2. The lowest BCUT2D eigenvalue weighted by Gasteiger charge is -2.71. The lowest BCUT2D eigenvalue weighted by atomic mass is 9.34. The molecule has 5 aliphatic rings. The van der Waals surface area contributed by atoms with Gasteiger partial charge in [-0.25, -0.2) is 0 Å². The molecule has 0 aromatic carbocycles. The molecule has 4 fully saturated rings. The summed E-state index contributed by atoms with van der Waals surface area (Å²) in [6.45, 7) is 24.0. The van der Waals surface area contributed by atoms with Crippen molar-refractivity contribution in [2.45, 2.75) is 125 Å². The standard InChI is InChI=1S/C39H61N5O4/c1-23(2)25(5)34(6)15-16-36(8)26-11-12-29-35(7)19-47-21-39(29,27(26)13-14-37(36,9)31(34)33(45)46)17-28(44-22-42-43-30(44)18-40)32(35)48-20-38(10,41)24(3)4/h13,22-26,28-29,31-32H,11-12,14-17,19-21,41H2,1-10H3,(H,45,46)/t25-,26+,28-,29+,31-,32+,34-,35+,36-,37+,38+,39+/m1/s1. The maximum atomic E-state index is 13.4. The fourth-order valence-electron chi connectivity index (χ4n) is 12.2. The van der Waals surface area contributed by atoms with E-state index in [1.807, 2.05) is 4.57 Å². The molecule has 0 amide bonds. The molecule has 3 saturated carbocycles. The van der Waals surface area contributed by atoms with Gasteiger partial charge in [0.25, 0.3) is 0 Å². The quantitative estimate of drug-likeness (QED) is 0.283. The first kappa shape index (κ1) is 35.5. The summed E-state index contributed by atoms with van der Waals surface area (Å²) in [4.78, 5) is 13.4. The molecule has 0 unspecified atom stereocenters. The van der Waals surface area contributed by atoms with E-state index in [0.717, 1.165) is 38.5 Å². The topological polar surface area (TPSA) is 136 Å². The number of rotatable bonds is 8. The fraction of sp³-hybridized carbons (Fsp3) is 0.846. The van der Waals surface area contributed by atoms with Gasteiger partial charge < -0.3 is 20.3 Å². The van der Waals surface area contributed by atoms with Crippen molar-refractivity contribution in [2.24, 2.45) is 68.3 Å². The number of carboxylic acid groups (broad SMARTS) is 1. The van der Waals surface area contributed by atoms with Gasteiger partial charge in [0, 0.05) is 16.4 Å². The summed E-state index contributed by atoms with van der Waals surface area (Å²) < 4.78 is 15.6. The van der Waals surface area contributed by atoms with Crippen molar-refractivity contribution in [3.05, 3.63) is 23.8 Å². The zero-order valence-electron chi connectivity index (χ0n) is 31.2. The van der Waals surface area contributed by atoms with Gasteiger partial charge in [0.2, 0.25) is 5.82 Å². The Balaban J connectivity index is 1.46. The third-order valence-corrected chi connectivity index (χ3v) is 16.0. The van der Waals surface area contributed by atoms with E-state index in [1.165, 1.54) is 5.57 Å². The van der Waals surface area contributed by atoms with E-state index >= 15 is 0 Å². The van der Waals surface area contributed by atoms with Crippen LogP contribution < -0.4 is 5.73 Å². The molecule has 2 bridgehead atoms. The molecule has 3 N–H and O–H groups in total. The summed E-state index contributed by atoms with van der Waals surface area (Å²) in [5.41, 5.74) is 6.31. The molecular formula is C39H61N5O4. The Morgan fingerprint density at radius 1 is 1.17 bits per heavy atom. The normalized spacial score (nSPS) is 44.1. The number of nitrogens with two attached hydrogens (primary N) is 1. The minimum atomic E-state index is -0.640. The first-order chi connectivity index (χ1) is 22.3. The summed E-state index contributed by atoms with van der Waals surface area (Å²) in [7, 11) is 0. The lowest BCUT2D eigenvalue weighted by molar-refractivity contribution is -0.251. The van der Waals surface area contributed by atoms with E-state index in [0.29, 0.717) is 43.4 Å². The van der Waals surface area contributed by atoms with E-state index in [4.69, 9.17) is 15.2 Å². The number of ether oxygens (including phenoxy) is 2. The first-order valence-electron chi connectivity index (χ1n) is 18.6. The van der Waals surface area contributed by atoms with Crippen molar-refractivity contribution >= 4 is 5.97 Å². The van der Waals surface area contributed by atoms with Gasteiger partial charge in [0.1, 0.15) is 12.4 Å². The maximum Gasteiger partial charge on any atom is 0.307 e. The second-order valence-corrected chi connectivity index (χ2v) is 18.7. The lowest BCUT2D eigenvalue weighted by Crippen LogP contribution is -2.69. The Kier molecular flexibility index (Phi) is 8.61. The van der Waals surface area contributed by atoms with Crippen LogP contribution in [0.25, 0.3) is 0 Å². The number of aliphatic carboxylic acids is 1. The van der Waals surface area contributed by atoms with Crippen LogP contribution in [-0.4, -0.2) is 57.3 Å². The number of nitriles is 1. The van der Waals surface area contributed by atoms with Gasteiger partial charge in [-0.3, -0.25) is 9.36 Å². The number of carboxylic acids is 1. The van der Waals surface area contributed by atoms with Crippen molar-refractivity contribution in [3.63, 3.8) is 0 Å². The molecule has 4 aliphatic carbocycles. The molecule has 48 heavy (non-hydrogen) atoms. The van der Waals surface area contributed by atoms with Crippen molar-refractivity contribution in [1.82, 2.24) is 14.8 Å². The molecule has 1 saturated heterocycles. The minimum absolute atomic E-state index is 0.167. The summed E-state index contributed by atoms with van der Waals surface area (Å²) in [5.74, 6) is 0.755. The Bertz CT molecular complexity index is 1490. The van der Waals surface area contributed by atoms with Crippen LogP contribution in [0.4, 0.5) is 0 Å². The number of hydrogen-bond donors (Lipinski definition) is 2. The second kappa shape index (κ2) is 11.6. The van der Waals surface area contributed by atoms with Gasteiger partial charge in [-0.2, -0.15) is 5.26 Å². The average molecular weight is 664 g/mol. The third kappa shape index (κ3) is 4.74. The molecule has 1 aromatic rings. The monoisotopic (exact) mass is 663 g/mol. The number of hydrogen-bond acceptors (Lipinski definition) is 7. The van der Waals surface area contributed by atoms with E-state index in [1.54, 1.807) is 6.33 Å². The number of aromatic nitrogens is 3. The van der Waals surface area contributed by atoms with Crippen LogP contribution in [-0.2, 0) is 14.3 Å². The predicted octanol–water partition coefficient (Wildman–Crippen LogP) is 7.04. The highest BCUT2D eigenvalue weighted by Gasteiger charge is 2.72. The fourth-order valence-corrected chi connectivity index (χ4v) is 12.2. The number of allylic oxidation sites excluding steroid dienone is 1. The van der Waals surface area contributed by atoms with Crippen molar-refractivity contribution in [3.8, 4) is 6.07 Å². The molecule has 12 atom stereocenters. The second-order valence-electron chi connectivity index (χ2n) is 18.7. The van der Waals surface area contributed by atoms with Crippen LogP contribution in [0.2, 0.25) is 0 Å². The molecule has 6 rings (SSSR count). The first-order valence-corrected chi connectivity index (χ1v) is 18.6. The van der Waals surface area contributed by atoms with Crippen molar-refractivity contribution < 1.29 is 19.4 Å². The van der Waals surface area contributed by atoms with Gasteiger partial charge >= 0.3 is 5.97 Å². The van der Waals surface area contributed by atoms with Crippen LogP contribution in [0.5, 0.6) is 0 Å². The molecule has 0 spiro atoms. The summed E-state index contributed by atoms with van der Waals surface area (Å²) >= 11 is 0. The smallest absolute Gasteiger partial charge is 0.307 e. The molecular weight excluding hydrogens is 602 g/mol. The highest BCUT2D eigenvalue weighted by Crippen LogP contribution is 2.75. The van der Waals surface area contributed by atoms with Gasteiger partial charge in [0.15, 0.2) is 0 Å². The predicted molar refractivity (Wildman–Crippen MR) is 185 cm³/mol. The molecule has 9 nitrogen and oxygen atoms in total. The van der Waals surface area contributed by atoms with Gasteiger partial charge in [-0.1, -0.05) is 74.0 Å². The van der Waals surface area contributed by atoms with E-state index in [9.17, 15) is 15.2 Å². The average Bonchev–Trinajstić information content (AvgIpc) is 3.49. The SMILES string of the molecule is CC(C)[C@@H](C)[C@@]1(C)CC[C@]2(C)[C@H]3CC[C@@H]4[C@@]5(COC[C@]4(C)[C@@H](OC[C@](C)(N)C(C)C)[C@H](n4cnnc4C#N)C5)C3=CC[C@@]2(C)[C@@H]1C(=O)O. The number of carbonyl (C=O) groups is 1. The molecule has 9 heteroatoms. The Labute approximate surface area is 288 Å². The largest absolute Gasteiger partial charge is 0.481 e. The summed E-state index contributed by atoms with van der Waals surface area (Å²) in [6.07, 6.45) is 9.45. The maximum absolute atomic E-state index is 13.4. The van der Waals surface area contributed by atoms with E-state index in [2.05, 4.69) is 91.6 Å². The van der Waals surface area contributed by atoms with Crippen LogP contribution in [0.1, 0.15) is 120 Å². The summed E-state index contributed by atoms with van der Waals surface area (Å²) in [6, 6.07) is 2.11. The Hall–Kier alpha value is -2.28. The van der Waals surface area contributed by atoms with Gasteiger partial charge in [0.05, 0.1) is 37.9 Å². The molecule has 0 radical (unpaired) electrons. The summed E-state index contributed by atoms with van der Waals surface area (Å²) in [5, 5.41) is 29.5. The van der Waals surface area contributed by atoms with Gasteiger partial charge in [-0.15, -0.1) is 10.2 Å². The highest BCUT2D eigenvalue weighted by molar-refractivity contribution is 5.73. The van der Waals surface area contributed by atoms with Crippen LogP contribution >= 0.6 is 0 Å².